The summed E-state index contributed by atoms with van der Waals surface area (Å²) in [6, 6.07) is 0. The first-order valence-electron chi connectivity index (χ1n) is 4.23. The third-order valence-corrected chi connectivity index (χ3v) is 1.97. The number of hydrogen-bond acceptors (Lipinski definition) is 5. The Morgan fingerprint density at radius 2 is 2.07 bits per heavy atom. The van der Waals surface area contributed by atoms with Crippen LogP contribution in [0.4, 0.5) is 0 Å². The van der Waals surface area contributed by atoms with Gasteiger partial charge in [0.25, 0.3) is 0 Å². The van der Waals surface area contributed by atoms with Gasteiger partial charge in [0.15, 0.2) is 5.65 Å². The van der Waals surface area contributed by atoms with Crippen molar-refractivity contribution in [2.24, 2.45) is 0 Å². The fourth-order valence-electron chi connectivity index (χ4n) is 1.32. The molecule has 0 atom stereocenters. The maximum Gasteiger partial charge on any atom is 0.163 e. The van der Waals surface area contributed by atoms with Gasteiger partial charge in [-0.2, -0.15) is 0 Å². The monoisotopic (exact) mass is 194 g/mol. The van der Waals surface area contributed by atoms with Gasteiger partial charge in [-0.15, -0.1) is 0 Å². The minimum atomic E-state index is -0.158. The van der Waals surface area contributed by atoms with Crippen molar-refractivity contribution in [3.05, 3.63) is 18.3 Å². The number of aromatic nitrogens is 4. The lowest BCUT2D eigenvalue weighted by Crippen LogP contribution is -2.02. The van der Waals surface area contributed by atoms with E-state index in [1.807, 2.05) is 0 Å². The van der Waals surface area contributed by atoms with E-state index < -0.39 is 0 Å². The highest BCUT2D eigenvalue weighted by atomic mass is 16.3. The fraction of sp³-hybridized carbons (Fsp3) is 0.375. The van der Waals surface area contributed by atoms with Crippen molar-refractivity contribution in [1.29, 1.82) is 0 Å². The third-order valence-electron chi connectivity index (χ3n) is 1.97. The molecule has 6 nitrogen and oxygen atoms in total. The van der Waals surface area contributed by atoms with Crippen molar-refractivity contribution in [3.63, 3.8) is 0 Å². The molecule has 0 amide bonds. The predicted octanol–water partition coefficient (Wildman–Crippen LogP) is -0.689. The largest absolute Gasteiger partial charge is 0.395 e. The summed E-state index contributed by atoms with van der Waals surface area (Å²) in [6.07, 6.45) is 2.96. The van der Waals surface area contributed by atoms with Gasteiger partial charge in [-0.1, -0.05) is 0 Å². The number of aliphatic hydroxyl groups excluding tert-OH is 2. The van der Waals surface area contributed by atoms with Gasteiger partial charge in [0.2, 0.25) is 0 Å². The number of nitrogens with zero attached hydrogens (tertiary/aromatic N) is 4. The molecule has 0 aliphatic rings. The summed E-state index contributed by atoms with van der Waals surface area (Å²) in [7, 11) is 0. The lowest BCUT2D eigenvalue weighted by Gasteiger charge is -2.00. The summed E-state index contributed by atoms with van der Waals surface area (Å²) in [5, 5.41) is 17.8. The first-order valence-corrected chi connectivity index (χ1v) is 4.23. The molecule has 0 saturated carbocycles. The topological polar surface area (TPSA) is 84.1 Å². The van der Waals surface area contributed by atoms with Crippen molar-refractivity contribution < 1.29 is 10.2 Å². The molecule has 2 heterocycles. The van der Waals surface area contributed by atoms with Crippen LogP contribution in [0.25, 0.3) is 11.2 Å². The Balaban J connectivity index is 2.57. The van der Waals surface area contributed by atoms with Crippen molar-refractivity contribution >= 4 is 11.2 Å². The Bertz CT molecular complexity index is 440. The summed E-state index contributed by atoms with van der Waals surface area (Å²) in [4.78, 5) is 12.0. The first-order chi connectivity index (χ1) is 6.86. The normalized spacial score (nSPS) is 11.0. The molecular weight excluding hydrogens is 184 g/mol. The van der Waals surface area contributed by atoms with Crippen molar-refractivity contribution in [3.8, 4) is 0 Å². The van der Waals surface area contributed by atoms with Crippen LogP contribution >= 0.6 is 0 Å². The van der Waals surface area contributed by atoms with E-state index in [1.165, 1.54) is 6.33 Å². The molecule has 0 bridgehead atoms. The van der Waals surface area contributed by atoms with Crippen LogP contribution in [0.15, 0.2) is 12.7 Å². The second-order valence-corrected chi connectivity index (χ2v) is 2.81. The molecule has 6 heteroatoms. The SMILES string of the molecule is OCCn1cnc2c(CO)ncnc21. The number of fused-ring (bicyclic) bond motifs is 1. The summed E-state index contributed by atoms with van der Waals surface area (Å²) < 4.78 is 1.72. The molecule has 14 heavy (non-hydrogen) atoms. The molecule has 0 radical (unpaired) electrons. The Labute approximate surface area is 79.9 Å². The van der Waals surface area contributed by atoms with Gasteiger partial charge < -0.3 is 14.8 Å². The van der Waals surface area contributed by atoms with Crippen LogP contribution in [-0.4, -0.2) is 36.3 Å². The zero-order valence-electron chi connectivity index (χ0n) is 7.46. The van der Waals surface area contributed by atoms with Crippen LogP contribution in [0.2, 0.25) is 0 Å². The highest BCUT2D eigenvalue weighted by Crippen LogP contribution is 2.12. The molecule has 2 rings (SSSR count). The molecule has 2 N–H and O–H groups in total. The van der Waals surface area contributed by atoms with Crippen molar-refractivity contribution in [1.82, 2.24) is 19.5 Å². The van der Waals surface area contributed by atoms with Crippen LogP contribution in [0, 0.1) is 0 Å². The van der Waals surface area contributed by atoms with Crippen LogP contribution < -0.4 is 0 Å². The first kappa shape index (κ1) is 9.04. The summed E-state index contributed by atoms with van der Waals surface area (Å²) in [6.45, 7) is 0.317. The zero-order valence-corrected chi connectivity index (χ0v) is 7.46. The van der Waals surface area contributed by atoms with E-state index in [4.69, 9.17) is 10.2 Å². The molecule has 0 fully saturated rings. The van der Waals surface area contributed by atoms with Crippen LogP contribution in [0.1, 0.15) is 5.69 Å². The smallest absolute Gasteiger partial charge is 0.163 e. The second kappa shape index (κ2) is 3.69. The van der Waals surface area contributed by atoms with E-state index >= 15 is 0 Å². The molecule has 0 aliphatic carbocycles. The maximum absolute atomic E-state index is 8.99. The van der Waals surface area contributed by atoms with Crippen molar-refractivity contribution in [2.75, 3.05) is 6.61 Å². The van der Waals surface area contributed by atoms with Gasteiger partial charge in [0.05, 0.1) is 25.2 Å². The third kappa shape index (κ3) is 1.34. The fourth-order valence-corrected chi connectivity index (χ4v) is 1.32. The van der Waals surface area contributed by atoms with Gasteiger partial charge in [-0.05, 0) is 0 Å². The highest BCUT2D eigenvalue weighted by Gasteiger charge is 2.08. The van der Waals surface area contributed by atoms with Gasteiger partial charge in [-0.3, -0.25) is 0 Å². The minimum Gasteiger partial charge on any atom is -0.395 e. The number of hydrogen-bond donors (Lipinski definition) is 2. The molecule has 2 aromatic heterocycles. The Morgan fingerprint density at radius 1 is 1.21 bits per heavy atom. The molecule has 0 unspecified atom stereocenters. The van der Waals surface area contributed by atoms with Crippen LogP contribution in [0.3, 0.4) is 0 Å². The van der Waals surface area contributed by atoms with Crippen LogP contribution in [-0.2, 0) is 13.2 Å². The van der Waals surface area contributed by atoms with Gasteiger partial charge in [-0.25, -0.2) is 15.0 Å². The van der Waals surface area contributed by atoms with Gasteiger partial charge >= 0.3 is 0 Å². The standard InChI is InChI=1S/C8H10N4O2/c13-2-1-12-5-11-7-6(3-14)9-4-10-8(7)12/h4-5,13-14H,1-3H2. The molecule has 2 aromatic rings. The van der Waals surface area contributed by atoms with E-state index in [9.17, 15) is 0 Å². The van der Waals surface area contributed by atoms with Gasteiger partial charge in [0.1, 0.15) is 11.8 Å². The maximum atomic E-state index is 8.99. The lowest BCUT2D eigenvalue weighted by atomic mass is 10.4. The molecule has 0 spiro atoms. The Morgan fingerprint density at radius 3 is 2.79 bits per heavy atom. The molecule has 74 valence electrons. The number of aliphatic hydroxyl groups is 2. The minimum absolute atomic E-state index is 0.0317. The number of rotatable bonds is 3. The predicted molar refractivity (Wildman–Crippen MR) is 48.3 cm³/mol. The molecule has 0 aliphatic heterocycles. The quantitative estimate of drug-likeness (QED) is 0.675. The summed E-state index contributed by atoms with van der Waals surface area (Å²) in [5.41, 5.74) is 1.73. The zero-order chi connectivity index (χ0) is 9.97. The average molecular weight is 194 g/mol. The average Bonchev–Trinajstić information content (AvgIpc) is 2.62. The molecular formula is C8H10N4O2. The van der Waals surface area contributed by atoms with E-state index in [-0.39, 0.29) is 13.2 Å². The highest BCUT2D eigenvalue weighted by molar-refractivity contribution is 5.72. The van der Waals surface area contributed by atoms with Crippen molar-refractivity contribution in [2.45, 2.75) is 13.2 Å². The second-order valence-electron chi connectivity index (χ2n) is 2.81. The van der Waals surface area contributed by atoms with E-state index in [2.05, 4.69) is 15.0 Å². The van der Waals surface area contributed by atoms with E-state index in [0.717, 1.165) is 0 Å². The summed E-state index contributed by atoms with van der Waals surface area (Å²) >= 11 is 0. The van der Waals surface area contributed by atoms with Crippen LogP contribution in [0.5, 0.6) is 0 Å². The lowest BCUT2D eigenvalue weighted by molar-refractivity contribution is 0.277. The van der Waals surface area contributed by atoms with E-state index in [0.29, 0.717) is 23.4 Å². The Hall–Kier alpha value is -1.53. The van der Waals surface area contributed by atoms with Gasteiger partial charge in [0, 0.05) is 6.54 Å². The Kier molecular flexibility index (Phi) is 2.38. The molecule has 0 saturated heterocycles. The number of imidazole rings is 1. The molecule has 0 aromatic carbocycles. The summed E-state index contributed by atoms with van der Waals surface area (Å²) in [5.74, 6) is 0. The van der Waals surface area contributed by atoms with E-state index in [1.54, 1.807) is 10.9 Å².